The van der Waals surface area contributed by atoms with Crippen LogP contribution in [0.15, 0.2) is 36.4 Å². The fraction of sp³-hybridized carbons (Fsp3) is 0.176. The van der Waals surface area contributed by atoms with Crippen LogP contribution in [0.25, 0.3) is 0 Å². The van der Waals surface area contributed by atoms with Gasteiger partial charge in [-0.05, 0) is 36.4 Å². The first-order chi connectivity index (χ1) is 11.5. The van der Waals surface area contributed by atoms with Crippen LogP contribution in [0.1, 0.15) is 20.7 Å². The number of nitrogens with one attached hydrogen (secondary N) is 1. The van der Waals surface area contributed by atoms with Crippen molar-refractivity contribution in [3.63, 3.8) is 0 Å². The van der Waals surface area contributed by atoms with Gasteiger partial charge in [0.05, 0.1) is 22.7 Å². The van der Waals surface area contributed by atoms with Crippen molar-refractivity contribution in [2.45, 2.75) is 0 Å². The zero-order valence-corrected chi connectivity index (χ0v) is 14.3. The normalized spacial score (nSPS) is 13.8. The van der Waals surface area contributed by atoms with Crippen molar-refractivity contribution in [3.05, 3.63) is 57.6 Å². The third kappa shape index (κ3) is 3.32. The van der Waals surface area contributed by atoms with E-state index >= 15 is 0 Å². The molecule has 2 aromatic rings. The summed E-state index contributed by atoms with van der Waals surface area (Å²) >= 11 is 11.9. The maximum atomic E-state index is 12.4. The average molecular weight is 365 g/mol. The minimum atomic E-state index is -0.405. The number of anilines is 1. The van der Waals surface area contributed by atoms with E-state index in [0.717, 1.165) is 0 Å². The Bertz CT molecular complexity index is 823. The van der Waals surface area contributed by atoms with Gasteiger partial charge in [0.15, 0.2) is 0 Å². The second-order valence-electron chi connectivity index (χ2n) is 5.36. The summed E-state index contributed by atoms with van der Waals surface area (Å²) < 4.78 is 5.55. The number of fused-ring (bicyclic) bond motifs is 1. The van der Waals surface area contributed by atoms with E-state index < -0.39 is 5.91 Å². The molecule has 0 bridgehead atoms. The van der Waals surface area contributed by atoms with E-state index in [-0.39, 0.29) is 11.5 Å². The molecule has 0 radical (unpaired) electrons. The average Bonchev–Trinajstić information content (AvgIpc) is 2.69. The van der Waals surface area contributed by atoms with Crippen molar-refractivity contribution in [2.24, 2.45) is 0 Å². The molecule has 2 aromatic carbocycles. The number of halogens is 2. The fourth-order valence-corrected chi connectivity index (χ4v) is 2.75. The van der Waals surface area contributed by atoms with E-state index in [1.807, 2.05) is 0 Å². The fourth-order valence-electron chi connectivity index (χ4n) is 2.37. The van der Waals surface area contributed by atoms with Crippen molar-refractivity contribution < 1.29 is 14.3 Å². The first kappa shape index (κ1) is 16.6. The Labute approximate surface area is 149 Å². The molecule has 0 aliphatic carbocycles. The molecule has 0 fully saturated rings. The van der Waals surface area contributed by atoms with Gasteiger partial charge in [0, 0.05) is 17.8 Å². The Morgan fingerprint density at radius 2 is 2.00 bits per heavy atom. The van der Waals surface area contributed by atoms with Crippen LogP contribution in [0.4, 0.5) is 5.69 Å². The van der Waals surface area contributed by atoms with Crippen molar-refractivity contribution in [3.8, 4) is 5.75 Å². The summed E-state index contributed by atoms with van der Waals surface area (Å²) in [4.78, 5) is 26.3. The van der Waals surface area contributed by atoms with Crippen LogP contribution in [0.5, 0.6) is 5.75 Å². The zero-order valence-electron chi connectivity index (χ0n) is 12.8. The molecular weight excluding hydrogens is 351 g/mol. The molecule has 3 rings (SSSR count). The minimum absolute atomic E-state index is 0.153. The molecule has 1 N–H and O–H groups in total. The number of carbonyl (C=O) groups excluding carboxylic acids is 2. The van der Waals surface area contributed by atoms with E-state index in [4.69, 9.17) is 27.9 Å². The lowest BCUT2D eigenvalue weighted by Gasteiger charge is -2.13. The number of benzene rings is 2. The smallest absolute Gasteiger partial charge is 0.257 e. The number of hydrogen-bond acceptors (Lipinski definition) is 3. The van der Waals surface area contributed by atoms with E-state index in [1.165, 1.54) is 6.07 Å². The third-order valence-corrected chi connectivity index (χ3v) is 4.24. The number of amides is 2. The SMILES string of the molecule is CN1CCOc2ccc(NC(=O)c3cc(Cl)ccc3Cl)cc2C1=O. The summed E-state index contributed by atoms with van der Waals surface area (Å²) in [5, 5.41) is 3.43. The number of ether oxygens (including phenoxy) is 1. The monoisotopic (exact) mass is 364 g/mol. The summed E-state index contributed by atoms with van der Waals surface area (Å²) in [7, 11) is 1.71. The molecule has 1 aliphatic rings. The van der Waals surface area contributed by atoms with Gasteiger partial charge < -0.3 is 15.0 Å². The molecule has 7 heteroatoms. The Hall–Kier alpha value is -2.24. The lowest BCUT2D eigenvalue weighted by Crippen LogP contribution is -2.27. The Morgan fingerprint density at radius 1 is 1.21 bits per heavy atom. The number of carbonyl (C=O) groups is 2. The quantitative estimate of drug-likeness (QED) is 0.883. The summed E-state index contributed by atoms with van der Waals surface area (Å²) in [6.07, 6.45) is 0. The second kappa shape index (κ2) is 6.71. The van der Waals surface area contributed by atoms with Gasteiger partial charge in [0.25, 0.3) is 11.8 Å². The first-order valence-electron chi connectivity index (χ1n) is 7.24. The summed E-state index contributed by atoms with van der Waals surface area (Å²) in [5.41, 5.74) is 1.14. The van der Waals surface area contributed by atoms with E-state index in [2.05, 4.69) is 5.32 Å². The highest BCUT2D eigenvalue weighted by Crippen LogP contribution is 2.27. The van der Waals surface area contributed by atoms with Gasteiger partial charge in [-0.25, -0.2) is 0 Å². The van der Waals surface area contributed by atoms with Crippen molar-refractivity contribution in [1.29, 1.82) is 0 Å². The summed E-state index contributed by atoms with van der Waals surface area (Å²) in [6, 6.07) is 9.59. The Balaban J connectivity index is 1.89. The maximum Gasteiger partial charge on any atom is 0.257 e. The van der Waals surface area contributed by atoms with Gasteiger partial charge in [-0.1, -0.05) is 23.2 Å². The molecule has 2 amide bonds. The number of rotatable bonds is 2. The Morgan fingerprint density at radius 3 is 2.79 bits per heavy atom. The lowest BCUT2D eigenvalue weighted by atomic mass is 10.1. The molecule has 0 unspecified atom stereocenters. The topological polar surface area (TPSA) is 58.6 Å². The number of likely N-dealkylation sites (N-methyl/N-ethyl adjacent to an activating group) is 1. The van der Waals surface area contributed by atoms with Gasteiger partial charge in [-0.3, -0.25) is 9.59 Å². The van der Waals surface area contributed by atoms with Crippen molar-refractivity contribution in [2.75, 3.05) is 25.5 Å². The largest absolute Gasteiger partial charge is 0.491 e. The molecule has 5 nitrogen and oxygen atoms in total. The Kier molecular flexibility index (Phi) is 4.64. The van der Waals surface area contributed by atoms with Crippen LogP contribution in [0.2, 0.25) is 10.0 Å². The summed E-state index contributed by atoms with van der Waals surface area (Å²) in [5.74, 6) is -0.0553. The van der Waals surface area contributed by atoms with Gasteiger partial charge >= 0.3 is 0 Å². The standard InChI is InChI=1S/C17H14Cl2N2O3/c1-21-6-7-24-15-5-3-11(9-13(15)17(21)23)20-16(22)12-8-10(18)2-4-14(12)19/h2-5,8-9H,6-7H2,1H3,(H,20,22). The van der Waals surface area contributed by atoms with Crippen molar-refractivity contribution >= 4 is 40.7 Å². The van der Waals surface area contributed by atoms with Crippen LogP contribution in [0.3, 0.4) is 0 Å². The third-order valence-electron chi connectivity index (χ3n) is 3.67. The number of nitrogens with zero attached hydrogens (tertiary/aromatic N) is 1. The lowest BCUT2D eigenvalue weighted by molar-refractivity contribution is 0.0796. The first-order valence-corrected chi connectivity index (χ1v) is 8.00. The molecule has 1 aliphatic heterocycles. The van der Waals surface area contributed by atoms with E-state index in [9.17, 15) is 9.59 Å². The van der Waals surface area contributed by atoms with Gasteiger partial charge in [0.1, 0.15) is 12.4 Å². The van der Waals surface area contributed by atoms with E-state index in [1.54, 1.807) is 42.3 Å². The van der Waals surface area contributed by atoms with Gasteiger partial charge in [-0.15, -0.1) is 0 Å². The molecule has 0 aromatic heterocycles. The van der Waals surface area contributed by atoms with Crippen molar-refractivity contribution in [1.82, 2.24) is 4.90 Å². The predicted molar refractivity (Wildman–Crippen MR) is 93.3 cm³/mol. The van der Waals surface area contributed by atoms with Crippen LogP contribution in [0, 0.1) is 0 Å². The second-order valence-corrected chi connectivity index (χ2v) is 6.21. The highest BCUT2D eigenvalue weighted by Gasteiger charge is 2.21. The van der Waals surface area contributed by atoms with Crippen LogP contribution < -0.4 is 10.1 Å². The predicted octanol–water partition coefficient (Wildman–Crippen LogP) is 3.71. The molecule has 0 saturated carbocycles. The molecule has 0 spiro atoms. The minimum Gasteiger partial charge on any atom is -0.491 e. The van der Waals surface area contributed by atoms with E-state index in [0.29, 0.717) is 40.2 Å². The van der Waals surface area contributed by atoms with Crippen LogP contribution in [-0.4, -0.2) is 36.9 Å². The molecule has 124 valence electrons. The van der Waals surface area contributed by atoms with Gasteiger partial charge in [0.2, 0.25) is 0 Å². The highest BCUT2D eigenvalue weighted by atomic mass is 35.5. The number of hydrogen-bond donors (Lipinski definition) is 1. The van der Waals surface area contributed by atoms with Crippen LogP contribution >= 0.6 is 23.2 Å². The summed E-state index contributed by atoms with van der Waals surface area (Å²) in [6.45, 7) is 0.937. The zero-order chi connectivity index (χ0) is 17.3. The maximum absolute atomic E-state index is 12.4. The molecule has 0 saturated heterocycles. The van der Waals surface area contributed by atoms with Crippen LogP contribution in [-0.2, 0) is 0 Å². The van der Waals surface area contributed by atoms with Gasteiger partial charge in [-0.2, -0.15) is 0 Å². The molecule has 24 heavy (non-hydrogen) atoms. The molecular formula is C17H14Cl2N2O3. The molecule has 1 heterocycles. The molecule has 0 atom stereocenters. The highest BCUT2D eigenvalue weighted by molar-refractivity contribution is 6.36.